The Morgan fingerprint density at radius 1 is 1.29 bits per heavy atom. The number of aliphatic carboxylic acids is 1. The summed E-state index contributed by atoms with van der Waals surface area (Å²) in [7, 11) is 0. The van der Waals surface area contributed by atoms with Gasteiger partial charge in [0, 0.05) is 46.5 Å². The third-order valence-corrected chi connectivity index (χ3v) is 7.78. The highest BCUT2D eigenvalue weighted by Crippen LogP contribution is 2.39. The minimum Gasteiger partial charge on any atom is -0.481 e. The zero-order valence-corrected chi connectivity index (χ0v) is 18.1. The van der Waals surface area contributed by atoms with E-state index in [0.717, 1.165) is 25.0 Å². The van der Waals surface area contributed by atoms with Crippen molar-refractivity contribution in [3.8, 4) is 10.4 Å². The Morgan fingerprint density at radius 2 is 2.11 bits per heavy atom. The van der Waals surface area contributed by atoms with Gasteiger partial charge in [0.15, 0.2) is 0 Å². The topological polar surface area (TPSA) is 53.4 Å². The van der Waals surface area contributed by atoms with E-state index in [2.05, 4.69) is 54.2 Å². The molecule has 1 aliphatic rings. The van der Waals surface area contributed by atoms with Gasteiger partial charge < -0.3 is 5.11 Å². The van der Waals surface area contributed by atoms with Gasteiger partial charge in [0.1, 0.15) is 0 Å². The van der Waals surface area contributed by atoms with Crippen molar-refractivity contribution in [3.63, 3.8) is 0 Å². The van der Waals surface area contributed by atoms with Gasteiger partial charge in [-0.2, -0.15) is 0 Å². The predicted octanol–water partition coefficient (Wildman–Crippen LogP) is 5.59. The molecular formula is C22H26N2O2S2. The van der Waals surface area contributed by atoms with Crippen LogP contribution in [0.15, 0.2) is 35.8 Å². The Labute approximate surface area is 173 Å². The zero-order chi connectivity index (χ0) is 19.9. The minimum absolute atomic E-state index is 0.119. The van der Waals surface area contributed by atoms with E-state index in [1.807, 2.05) is 12.3 Å². The molecule has 1 fully saturated rings. The highest BCUT2D eigenvalue weighted by Gasteiger charge is 2.37. The van der Waals surface area contributed by atoms with Crippen LogP contribution in [0.2, 0.25) is 0 Å². The van der Waals surface area contributed by atoms with Crippen molar-refractivity contribution in [1.82, 2.24) is 9.88 Å². The summed E-state index contributed by atoms with van der Waals surface area (Å²) in [5.41, 5.74) is 2.39. The molecule has 2 atom stereocenters. The quantitative estimate of drug-likeness (QED) is 0.604. The van der Waals surface area contributed by atoms with Gasteiger partial charge in [-0.3, -0.25) is 14.7 Å². The van der Waals surface area contributed by atoms with Crippen LogP contribution in [0.25, 0.3) is 20.7 Å². The van der Waals surface area contributed by atoms with Gasteiger partial charge in [0.05, 0.1) is 16.1 Å². The third kappa shape index (κ3) is 4.00. The number of thiophene rings is 2. The molecule has 0 unspecified atom stereocenters. The normalized spacial score (nSPS) is 21.2. The van der Waals surface area contributed by atoms with E-state index in [1.54, 1.807) is 22.7 Å². The number of nitrogens with zero attached hydrogens (tertiary/aromatic N) is 2. The number of piperidine rings is 1. The molecule has 1 saturated heterocycles. The van der Waals surface area contributed by atoms with Crippen LogP contribution < -0.4 is 0 Å². The van der Waals surface area contributed by atoms with Crippen molar-refractivity contribution >= 4 is 38.9 Å². The van der Waals surface area contributed by atoms with E-state index in [4.69, 9.17) is 0 Å². The molecule has 4 rings (SSSR count). The lowest BCUT2D eigenvalue weighted by Crippen LogP contribution is -2.46. The summed E-state index contributed by atoms with van der Waals surface area (Å²) < 4.78 is 1.21. The van der Waals surface area contributed by atoms with E-state index in [9.17, 15) is 9.90 Å². The van der Waals surface area contributed by atoms with Gasteiger partial charge in [0.2, 0.25) is 0 Å². The lowest BCUT2D eigenvalue weighted by Gasteiger charge is -2.42. The summed E-state index contributed by atoms with van der Waals surface area (Å²) >= 11 is 3.52. The van der Waals surface area contributed by atoms with Crippen LogP contribution in [0.3, 0.4) is 0 Å². The highest BCUT2D eigenvalue weighted by atomic mass is 32.1. The Kier molecular flexibility index (Phi) is 5.29. The molecule has 0 bridgehead atoms. The van der Waals surface area contributed by atoms with Crippen LogP contribution in [0.1, 0.15) is 32.1 Å². The van der Waals surface area contributed by atoms with Crippen molar-refractivity contribution in [2.45, 2.75) is 33.7 Å². The molecule has 28 heavy (non-hydrogen) atoms. The average molecular weight is 415 g/mol. The van der Waals surface area contributed by atoms with Gasteiger partial charge >= 0.3 is 5.97 Å². The van der Waals surface area contributed by atoms with Crippen LogP contribution in [0.5, 0.6) is 0 Å². The second-order valence-corrected chi connectivity index (χ2v) is 10.9. The van der Waals surface area contributed by atoms with E-state index >= 15 is 0 Å². The van der Waals surface area contributed by atoms with Crippen LogP contribution >= 0.6 is 22.7 Å². The number of pyridine rings is 1. The maximum absolute atomic E-state index is 11.7. The molecule has 0 spiro atoms. The molecule has 4 heterocycles. The minimum atomic E-state index is -0.665. The first-order valence-corrected chi connectivity index (χ1v) is 11.4. The molecular weight excluding hydrogens is 388 g/mol. The van der Waals surface area contributed by atoms with E-state index in [-0.39, 0.29) is 11.3 Å². The molecule has 1 N–H and O–H groups in total. The SMILES string of the molecule is CC(C)(C)[C@@H]1C[C@@H](C(=O)O)CN(Cc2ccc(-c3csc4cccnc34)s2)C1. The summed E-state index contributed by atoms with van der Waals surface area (Å²) in [4.78, 5) is 21.1. The fraction of sp³-hybridized carbons (Fsp3) is 0.455. The summed E-state index contributed by atoms with van der Waals surface area (Å²) in [6.07, 6.45) is 2.62. The van der Waals surface area contributed by atoms with Gasteiger partial charge in [-0.1, -0.05) is 20.8 Å². The first-order valence-electron chi connectivity index (χ1n) is 9.67. The summed E-state index contributed by atoms with van der Waals surface area (Å²) in [5.74, 6) is -0.545. The molecule has 3 aromatic heterocycles. The first kappa shape index (κ1) is 19.6. The maximum atomic E-state index is 11.7. The molecule has 0 aromatic carbocycles. The van der Waals surface area contributed by atoms with Crippen molar-refractivity contribution in [2.75, 3.05) is 13.1 Å². The fourth-order valence-corrected chi connectivity index (χ4v) is 6.05. The average Bonchev–Trinajstić information content (AvgIpc) is 3.27. The van der Waals surface area contributed by atoms with E-state index in [1.165, 1.54) is 20.0 Å². The number of carboxylic acid groups (broad SMARTS) is 1. The van der Waals surface area contributed by atoms with Gasteiger partial charge in [0.25, 0.3) is 0 Å². The standard InChI is InChI=1S/C22H26N2O2S2/c1-22(2,3)15-9-14(21(25)26)10-24(11-15)12-16-6-7-18(28-16)17-13-27-19-5-4-8-23-20(17)19/h4-8,13-15H,9-12H2,1-3H3,(H,25,26)/t14-,15-/m1/s1. The number of carbonyl (C=O) groups is 1. The highest BCUT2D eigenvalue weighted by molar-refractivity contribution is 7.19. The summed E-state index contributed by atoms with van der Waals surface area (Å²) in [6, 6.07) is 8.44. The monoisotopic (exact) mass is 414 g/mol. The smallest absolute Gasteiger partial charge is 0.307 e. The number of fused-ring (bicyclic) bond motifs is 1. The first-order chi connectivity index (χ1) is 13.3. The molecule has 148 valence electrons. The number of aromatic nitrogens is 1. The number of likely N-dealkylation sites (tertiary alicyclic amines) is 1. The van der Waals surface area contributed by atoms with Crippen molar-refractivity contribution in [3.05, 3.63) is 40.7 Å². The van der Waals surface area contributed by atoms with Crippen molar-refractivity contribution in [1.29, 1.82) is 0 Å². The number of hydrogen-bond acceptors (Lipinski definition) is 5. The van der Waals surface area contributed by atoms with Gasteiger partial charge in [-0.15, -0.1) is 22.7 Å². The predicted molar refractivity (Wildman–Crippen MR) is 117 cm³/mol. The molecule has 4 nitrogen and oxygen atoms in total. The van der Waals surface area contributed by atoms with Crippen molar-refractivity contribution < 1.29 is 9.90 Å². The molecule has 6 heteroatoms. The Morgan fingerprint density at radius 3 is 2.86 bits per heavy atom. The maximum Gasteiger partial charge on any atom is 0.307 e. The van der Waals surface area contributed by atoms with Gasteiger partial charge in [-0.25, -0.2) is 0 Å². The second-order valence-electron chi connectivity index (χ2n) is 8.79. The molecule has 0 amide bonds. The number of hydrogen-bond donors (Lipinski definition) is 1. The van der Waals surface area contributed by atoms with Gasteiger partial charge in [-0.05, 0) is 42.0 Å². The van der Waals surface area contributed by atoms with E-state index < -0.39 is 5.97 Å². The Hall–Kier alpha value is -1.76. The van der Waals surface area contributed by atoms with Crippen LogP contribution in [-0.2, 0) is 11.3 Å². The molecule has 0 saturated carbocycles. The molecule has 0 aliphatic carbocycles. The van der Waals surface area contributed by atoms with Crippen LogP contribution in [0, 0.1) is 17.3 Å². The van der Waals surface area contributed by atoms with Crippen LogP contribution in [-0.4, -0.2) is 34.0 Å². The lowest BCUT2D eigenvalue weighted by atomic mass is 9.73. The van der Waals surface area contributed by atoms with E-state index in [0.29, 0.717) is 12.5 Å². The summed E-state index contributed by atoms with van der Waals surface area (Å²) in [5, 5.41) is 11.8. The lowest BCUT2D eigenvalue weighted by molar-refractivity contribution is -0.145. The Bertz CT molecular complexity index is 986. The zero-order valence-electron chi connectivity index (χ0n) is 16.5. The molecule has 1 aliphatic heterocycles. The Balaban J connectivity index is 1.53. The number of rotatable bonds is 4. The molecule has 3 aromatic rings. The van der Waals surface area contributed by atoms with Crippen LogP contribution in [0.4, 0.5) is 0 Å². The largest absolute Gasteiger partial charge is 0.481 e. The third-order valence-electron chi connectivity index (χ3n) is 5.74. The molecule has 0 radical (unpaired) electrons. The second kappa shape index (κ2) is 7.58. The van der Waals surface area contributed by atoms with Crippen molar-refractivity contribution in [2.24, 2.45) is 17.3 Å². The fourth-order valence-electron chi connectivity index (χ4n) is 3.99. The summed E-state index contributed by atoms with van der Waals surface area (Å²) in [6.45, 7) is 9.08. The number of carboxylic acids is 1.